The van der Waals surface area contributed by atoms with Crippen molar-refractivity contribution < 1.29 is 13.5 Å². The predicted molar refractivity (Wildman–Crippen MR) is 144 cm³/mol. The molecule has 0 atom stereocenters. The monoisotopic (exact) mass is 532 g/mol. The van der Waals surface area contributed by atoms with E-state index < -0.39 is 17.2 Å². The second-order valence-corrected chi connectivity index (χ2v) is 10.5. The van der Waals surface area contributed by atoms with E-state index in [1.165, 1.54) is 17.7 Å². The van der Waals surface area contributed by atoms with Crippen LogP contribution in [0.2, 0.25) is 0 Å². The number of rotatable bonds is 7. The number of ether oxygens (including phenoxy) is 1. The predicted octanol–water partition coefficient (Wildman–Crippen LogP) is 4.63. The maximum absolute atomic E-state index is 14.4. The average molecular weight is 533 g/mol. The van der Waals surface area contributed by atoms with Gasteiger partial charge in [-0.1, -0.05) is 0 Å². The summed E-state index contributed by atoms with van der Waals surface area (Å²) in [7, 11) is 4.79. The number of nitriles is 2. The van der Waals surface area contributed by atoms with Gasteiger partial charge in [-0.05, 0) is 56.6 Å². The van der Waals surface area contributed by atoms with Gasteiger partial charge in [-0.3, -0.25) is 4.79 Å². The van der Waals surface area contributed by atoms with E-state index in [-0.39, 0.29) is 29.1 Å². The number of benzene rings is 1. The highest BCUT2D eigenvalue weighted by Crippen LogP contribution is 2.39. The molecule has 39 heavy (non-hydrogen) atoms. The fraction of sp³-hybridized carbons (Fsp3) is 0.448. The summed E-state index contributed by atoms with van der Waals surface area (Å²) in [6, 6.07) is 10.3. The van der Waals surface area contributed by atoms with Crippen molar-refractivity contribution in [2.75, 3.05) is 30.5 Å². The van der Waals surface area contributed by atoms with Crippen LogP contribution in [0.1, 0.15) is 49.8 Å². The van der Waals surface area contributed by atoms with Crippen LogP contribution in [0.25, 0.3) is 11.0 Å². The van der Waals surface area contributed by atoms with Crippen LogP contribution in [-0.4, -0.2) is 42.3 Å². The number of halogens is 2. The topological polar surface area (TPSA) is 98.2 Å². The molecule has 202 valence electrons. The molecule has 3 aromatic rings. The van der Waals surface area contributed by atoms with E-state index in [9.17, 15) is 24.1 Å². The van der Waals surface area contributed by atoms with Crippen molar-refractivity contribution in [2.24, 2.45) is 13.0 Å². The lowest BCUT2D eigenvalue weighted by Crippen LogP contribution is -2.44. The van der Waals surface area contributed by atoms with E-state index in [1.807, 2.05) is 18.0 Å². The number of anilines is 2. The molecule has 0 amide bonds. The molecule has 2 aromatic heterocycles. The summed E-state index contributed by atoms with van der Waals surface area (Å²) >= 11 is 0. The number of hydrogen-bond acceptors (Lipinski definition) is 7. The first-order valence-electron chi connectivity index (χ1n) is 13.1. The summed E-state index contributed by atoms with van der Waals surface area (Å²) in [5.74, 6) is -1.48. The van der Waals surface area contributed by atoms with Gasteiger partial charge < -0.3 is 19.1 Å². The van der Waals surface area contributed by atoms with Gasteiger partial charge in [0, 0.05) is 50.5 Å². The average Bonchev–Trinajstić information content (AvgIpc) is 3.78. The minimum Gasteiger partial charge on any atom is -0.493 e. The molecule has 8 nitrogen and oxygen atoms in total. The Morgan fingerprint density at radius 2 is 1.77 bits per heavy atom. The van der Waals surface area contributed by atoms with E-state index in [4.69, 9.17) is 4.74 Å². The Morgan fingerprint density at radius 3 is 2.38 bits per heavy atom. The van der Waals surface area contributed by atoms with Gasteiger partial charge in [-0.15, -0.1) is 0 Å². The molecule has 5 rings (SSSR count). The molecule has 0 saturated heterocycles. The lowest BCUT2D eigenvalue weighted by molar-refractivity contribution is 0.359. The lowest BCUT2D eigenvalue weighted by Gasteiger charge is -2.42. The Kier molecular flexibility index (Phi) is 7.14. The molecular weight excluding hydrogens is 502 g/mol. The van der Waals surface area contributed by atoms with Gasteiger partial charge in [0.25, 0.3) is 5.56 Å². The van der Waals surface area contributed by atoms with Crippen LogP contribution in [0.3, 0.4) is 0 Å². The second-order valence-electron chi connectivity index (χ2n) is 10.5. The zero-order valence-electron chi connectivity index (χ0n) is 22.2. The molecule has 0 bridgehead atoms. The first kappa shape index (κ1) is 26.4. The van der Waals surface area contributed by atoms with Crippen LogP contribution < -0.4 is 20.1 Å². The Bertz CT molecular complexity index is 1560. The number of pyridine rings is 2. The molecule has 0 unspecified atom stereocenters. The van der Waals surface area contributed by atoms with Gasteiger partial charge in [-0.2, -0.15) is 14.9 Å². The summed E-state index contributed by atoms with van der Waals surface area (Å²) in [5, 5.41) is 19.3. The third kappa shape index (κ3) is 4.87. The Balaban J connectivity index is 1.44. The first-order valence-corrected chi connectivity index (χ1v) is 13.1. The summed E-state index contributed by atoms with van der Waals surface area (Å²) < 4.78 is 35.0. The first-order chi connectivity index (χ1) is 18.8. The molecule has 1 aromatic carbocycles. The molecule has 2 heterocycles. The van der Waals surface area contributed by atoms with E-state index in [2.05, 4.69) is 16.0 Å². The molecular formula is C29H30F2N6O2. The molecule has 0 spiro atoms. The zero-order chi connectivity index (χ0) is 27.8. The maximum atomic E-state index is 14.4. The number of nitrogens with zero attached hydrogens (tertiary/aromatic N) is 6. The van der Waals surface area contributed by atoms with E-state index >= 15 is 0 Å². The van der Waals surface area contributed by atoms with Crippen molar-refractivity contribution >= 4 is 22.4 Å². The van der Waals surface area contributed by atoms with Gasteiger partial charge in [0.05, 0.1) is 18.3 Å². The maximum Gasteiger partial charge on any atom is 0.270 e. The molecule has 0 N–H and O–H groups in total. The van der Waals surface area contributed by atoms with Gasteiger partial charge in [0.1, 0.15) is 28.9 Å². The Morgan fingerprint density at radius 1 is 1.08 bits per heavy atom. The van der Waals surface area contributed by atoms with Crippen LogP contribution in [0, 0.1) is 40.2 Å². The normalized spacial score (nSPS) is 18.8. The molecule has 0 aliphatic heterocycles. The van der Waals surface area contributed by atoms with Crippen molar-refractivity contribution in [3.8, 4) is 17.9 Å². The lowest BCUT2D eigenvalue weighted by atomic mass is 9.88. The number of aryl methyl sites for hydroxylation is 1. The van der Waals surface area contributed by atoms with Gasteiger partial charge in [0.15, 0.2) is 11.6 Å². The number of aromatic nitrogens is 2. The summed E-state index contributed by atoms with van der Waals surface area (Å²) in [5.41, 5.74) is 1.86. The minimum atomic E-state index is -0.986. The van der Waals surface area contributed by atoms with Gasteiger partial charge >= 0.3 is 0 Å². The Hall–Kier alpha value is -4.18. The third-order valence-electron chi connectivity index (χ3n) is 8.13. The summed E-state index contributed by atoms with van der Waals surface area (Å²) in [6.45, 7) is 0.776. The van der Waals surface area contributed by atoms with Crippen molar-refractivity contribution in [1.29, 1.82) is 10.5 Å². The molecule has 2 fully saturated rings. The number of hydrogen-bond donors (Lipinski definition) is 0. The van der Waals surface area contributed by atoms with Crippen molar-refractivity contribution in [2.45, 2.75) is 50.6 Å². The minimum absolute atomic E-state index is 0.00135. The summed E-state index contributed by atoms with van der Waals surface area (Å²) in [4.78, 5) is 21.7. The highest BCUT2D eigenvalue weighted by atomic mass is 19.2. The van der Waals surface area contributed by atoms with E-state index in [0.717, 1.165) is 45.1 Å². The molecule has 10 heteroatoms. The van der Waals surface area contributed by atoms with Gasteiger partial charge in [0.2, 0.25) is 5.82 Å². The van der Waals surface area contributed by atoms with E-state index in [0.29, 0.717) is 28.3 Å². The van der Waals surface area contributed by atoms with Crippen LogP contribution >= 0.6 is 0 Å². The van der Waals surface area contributed by atoms with Gasteiger partial charge in [-0.25, -0.2) is 9.37 Å². The number of methoxy groups -OCH3 is 1. The highest BCUT2D eigenvalue weighted by Gasteiger charge is 2.34. The smallest absolute Gasteiger partial charge is 0.270 e. The zero-order valence-corrected chi connectivity index (χ0v) is 22.2. The fourth-order valence-electron chi connectivity index (χ4n) is 5.75. The highest BCUT2D eigenvalue weighted by molar-refractivity contribution is 5.92. The summed E-state index contributed by atoms with van der Waals surface area (Å²) in [6.07, 6.45) is 5.38. The molecule has 0 radical (unpaired) electrons. The SMILES string of the molecule is COc1cc(N(CC2CC2)[C@H]2CC[C@H](N(C)c3c(C#N)c(=O)n(C)c4ccc(C#N)nc34)CC2)cc(F)c1F. The van der Waals surface area contributed by atoms with Crippen molar-refractivity contribution in [1.82, 2.24) is 9.55 Å². The third-order valence-corrected chi connectivity index (χ3v) is 8.13. The van der Waals surface area contributed by atoms with E-state index in [1.54, 1.807) is 25.2 Å². The largest absolute Gasteiger partial charge is 0.493 e. The number of fused-ring (bicyclic) bond motifs is 1. The van der Waals surface area contributed by atoms with Crippen molar-refractivity contribution in [3.05, 3.63) is 57.5 Å². The van der Waals surface area contributed by atoms with Crippen LogP contribution in [-0.2, 0) is 7.05 Å². The second kappa shape index (κ2) is 10.5. The standard InChI is InChI=1S/C29H30F2N6O2/c1-35(28-22(15-33)29(38)36(2)24-11-6-18(14-32)34-27(24)28)19-7-9-20(10-8-19)37(16-17-4-5-17)21-12-23(30)26(31)25(13-21)39-3/h6,11-13,17,19-20H,4-5,7-10,16H2,1-3H3/t19-,20-. The Labute approximate surface area is 225 Å². The van der Waals surface area contributed by atoms with Crippen LogP contribution in [0.5, 0.6) is 5.75 Å². The molecule has 2 aliphatic carbocycles. The van der Waals surface area contributed by atoms with Crippen molar-refractivity contribution in [3.63, 3.8) is 0 Å². The fourth-order valence-corrected chi connectivity index (χ4v) is 5.75. The molecule has 2 saturated carbocycles. The molecule has 2 aliphatic rings. The van der Waals surface area contributed by atoms with Crippen LogP contribution in [0.4, 0.5) is 20.2 Å². The van der Waals surface area contributed by atoms with Crippen LogP contribution in [0.15, 0.2) is 29.1 Å². The quantitative estimate of drug-likeness (QED) is 0.438.